The number of carbonyl (C=O) groups is 1. The van der Waals surface area contributed by atoms with Crippen LogP contribution in [0.2, 0.25) is 5.02 Å². The quantitative estimate of drug-likeness (QED) is 0.680. The summed E-state index contributed by atoms with van der Waals surface area (Å²) in [5, 5.41) is 3.51. The second-order valence-electron chi connectivity index (χ2n) is 6.43. The van der Waals surface area contributed by atoms with E-state index in [-0.39, 0.29) is 24.2 Å². The highest BCUT2D eigenvalue weighted by atomic mass is 35.5. The number of carbonyl (C=O) groups excluding carboxylic acids is 1. The monoisotopic (exact) mass is 396 g/mol. The molecule has 146 valence electrons. The van der Waals surface area contributed by atoms with Crippen molar-refractivity contribution in [3.63, 3.8) is 0 Å². The smallest absolute Gasteiger partial charge is 0.387 e. The van der Waals surface area contributed by atoms with Crippen molar-refractivity contribution < 1.29 is 18.3 Å². The molecule has 2 aromatic carbocycles. The molecule has 7 heteroatoms. The molecule has 0 aliphatic carbocycles. The summed E-state index contributed by atoms with van der Waals surface area (Å²) in [6.07, 6.45) is 0. The van der Waals surface area contributed by atoms with E-state index in [0.29, 0.717) is 18.1 Å². The number of alkyl halides is 2. The second-order valence-corrected chi connectivity index (χ2v) is 6.86. The average Bonchev–Trinajstić information content (AvgIpc) is 2.60. The molecule has 0 aliphatic heterocycles. The number of amides is 1. The fourth-order valence-electron chi connectivity index (χ4n) is 2.52. The summed E-state index contributed by atoms with van der Waals surface area (Å²) < 4.78 is 28.6. The highest BCUT2D eigenvalue weighted by Crippen LogP contribution is 2.15. The van der Waals surface area contributed by atoms with E-state index >= 15 is 0 Å². The highest BCUT2D eigenvalue weighted by molar-refractivity contribution is 6.30. The minimum atomic E-state index is -2.85. The summed E-state index contributed by atoms with van der Waals surface area (Å²) in [6.45, 7) is 2.38. The first-order chi connectivity index (χ1) is 12.8. The molecule has 0 aromatic heterocycles. The zero-order valence-electron chi connectivity index (χ0n) is 15.3. The maximum Gasteiger partial charge on any atom is 0.387 e. The molecule has 0 spiro atoms. The van der Waals surface area contributed by atoms with Crippen molar-refractivity contribution in [2.24, 2.45) is 0 Å². The molecule has 0 bridgehead atoms. The lowest BCUT2D eigenvalue weighted by atomic mass is 10.2. The van der Waals surface area contributed by atoms with Crippen molar-refractivity contribution in [3.05, 3.63) is 64.7 Å². The predicted octanol–water partition coefficient (Wildman–Crippen LogP) is 4.47. The Morgan fingerprint density at radius 3 is 2.44 bits per heavy atom. The fraction of sp³-hybridized carbons (Fsp3) is 0.350. The van der Waals surface area contributed by atoms with Gasteiger partial charge in [-0.05, 0) is 49.2 Å². The standard InChI is InChI=1S/C20H23ClF2N2O2/c1-14(2)25(12-16-4-3-5-17(21)10-16)13-19(26)24-11-15-6-8-18(9-7-15)27-20(22)23/h3-10,14,20H,11-13H2,1-2H3,(H,24,26). The topological polar surface area (TPSA) is 41.6 Å². The number of benzene rings is 2. The zero-order chi connectivity index (χ0) is 19.8. The zero-order valence-corrected chi connectivity index (χ0v) is 16.0. The lowest BCUT2D eigenvalue weighted by Crippen LogP contribution is -2.40. The van der Waals surface area contributed by atoms with Gasteiger partial charge >= 0.3 is 6.61 Å². The van der Waals surface area contributed by atoms with Gasteiger partial charge in [0.15, 0.2) is 0 Å². The number of nitrogens with zero attached hydrogens (tertiary/aromatic N) is 1. The molecular formula is C20H23ClF2N2O2. The first kappa shape index (κ1) is 21.1. The Hall–Kier alpha value is -2.18. The van der Waals surface area contributed by atoms with Gasteiger partial charge in [-0.15, -0.1) is 0 Å². The molecule has 1 N–H and O–H groups in total. The number of nitrogens with one attached hydrogen (secondary N) is 1. The average molecular weight is 397 g/mol. The number of rotatable bonds is 9. The van der Waals surface area contributed by atoms with Crippen molar-refractivity contribution in [2.75, 3.05) is 6.54 Å². The van der Waals surface area contributed by atoms with E-state index in [2.05, 4.69) is 10.1 Å². The van der Waals surface area contributed by atoms with E-state index in [4.69, 9.17) is 11.6 Å². The number of halogens is 3. The Labute approximate surface area is 163 Å². The van der Waals surface area contributed by atoms with Crippen molar-refractivity contribution in [1.82, 2.24) is 10.2 Å². The van der Waals surface area contributed by atoms with E-state index in [1.807, 2.05) is 43.0 Å². The van der Waals surface area contributed by atoms with Gasteiger partial charge in [0.05, 0.1) is 6.54 Å². The first-order valence-electron chi connectivity index (χ1n) is 8.62. The molecule has 0 aliphatic rings. The summed E-state index contributed by atoms with van der Waals surface area (Å²) in [5.74, 6) is -0.0220. The van der Waals surface area contributed by atoms with Gasteiger partial charge in [0.2, 0.25) is 5.91 Å². The fourth-order valence-corrected chi connectivity index (χ4v) is 2.73. The SMILES string of the molecule is CC(C)N(CC(=O)NCc1ccc(OC(F)F)cc1)Cc1cccc(Cl)c1. The van der Waals surface area contributed by atoms with Crippen LogP contribution in [0.4, 0.5) is 8.78 Å². The van der Waals surface area contributed by atoms with Crippen LogP contribution in [-0.2, 0) is 17.9 Å². The van der Waals surface area contributed by atoms with Gasteiger partial charge in [0.25, 0.3) is 0 Å². The Morgan fingerprint density at radius 1 is 1.15 bits per heavy atom. The van der Waals surface area contributed by atoms with Gasteiger partial charge < -0.3 is 10.1 Å². The second kappa shape index (κ2) is 10.2. The van der Waals surface area contributed by atoms with Crippen LogP contribution in [0.25, 0.3) is 0 Å². The lowest BCUT2D eigenvalue weighted by molar-refractivity contribution is -0.123. The maximum absolute atomic E-state index is 12.3. The molecule has 0 atom stereocenters. The van der Waals surface area contributed by atoms with Crippen LogP contribution in [0.15, 0.2) is 48.5 Å². The van der Waals surface area contributed by atoms with E-state index in [1.54, 1.807) is 12.1 Å². The van der Waals surface area contributed by atoms with Crippen molar-refractivity contribution >= 4 is 17.5 Å². The molecule has 0 saturated heterocycles. The number of hydrogen-bond acceptors (Lipinski definition) is 3. The number of ether oxygens (including phenoxy) is 1. The number of hydrogen-bond donors (Lipinski definition) is 1. The molecule has 1 amide bonds. The van der Waals surface area contributed by atoms with Gasteiger partial charge in [0.1, 0.15) is 5.75 Å². The molecule has 27 heavy (non-hydrogen) atoms. The van der Waals surface area contributed by atoms with Gasteiger partial charge in [-0.3, -0.25) is 9.69 Å². The molecule has 0 radical (unpaired) electrons. The van der Waals surface area contributed by atoms with Crippen molar-refractivity contribution in [1.29, 1.82) is 0 Å². The minimum Gasteiger partial charge on any atom is -0.435 e. The van der Waals surface area contributed by atoms with E-state index in [1.165, 1.54) is 12.1 Å². The van der Waals surface area contributed by atoms with E-state index < -0.39 is 6.61 Å². The lowest BCUT2D eigenvalue weighted by Gasteiger charge is -2.26. The third kappa shape index (κ3) is 7.53. The molecule has 0 saturated carbocycles. The van der Waals surface area contributed by atoms with Gasteiger partial charge in [-0.2, -0.15) is 8.78 Å². The van der Waals surface area contributed by atoms with Crippen LogP contribution in [0.3, 0.4) is 0 Å². The van der Waals surface area contributed by atoms with Crippen LogP contribution >= 0.6 is 11.6 Å². The predicted molar refractivity (Wildman–Crippen MR) is 102 cm³/mol. The van der Waals surface area contributed by atoms with Gasteiger partial charge in [-0.25, -0.2) is 0 Å². The normalized spacial score (nSPS) is 11.3. The molecule has 4 nitrogen and oxygen atoms in total. The van der Waals surface area contributed by atoms with Gasteiger partial charge in [0, 0.05) is 24.2 Å². The first-order valence-corrected chi connectivity index (χ1v) is 9.00. The summed E-state index contributed by atoms with van der Waals surface area (Å²) in [6, 6.07) is 13.9. The summed E-state index contributed by atoms with van der Waals surface area (Å²) in [7, 11) is 0. The summed E-state index contributed by atoms with van der Waals surface area (Å²) >= 11 is 6.02. The molecule has 0 heterocycles. The third-order valence-electron chi connectivity index (χ3n) is 3.99. The molecule has 2 rings (SSSR count). The Balaban J connectivity index is 1.86. The Kier molecular flexibility index (Phi) is 8.00. The largest absolute Gasteiger partial charge is 0.435 e. The third-order valence-corrected chi connectivity index (χ3v) is 4.22. The van der Waals surface area contributed by atoms with Crippen LogP contribution in [0.5, 0.6) is 5.75 Å². The minimum absolute atomic E-state index is 0.0904. The summed E-state index contributed by atoms with van der Waals surface area (Å²) in [5.41, 5.74) is 1.84. The van der Waals surface area contributed by atoms with Crippen molar-refractivity contribution in [3.8, 4) is 5.75 Å². The van der Waals surface area contributed by atoms with Crippen LogP contribution in [0, 0.1) is 0 Å². The Morgan fingerprint density at radius 2 is 1.85 bits per heavy atom. The van der Waals surface area contributed by atoms with Crippen LogP contribution in [0.1, 0.15) is 25.0 Å². The molecule has 0 fully saturated rings. The Bertz CT molecular complexity index is 739. The molecule has 2 aromatic rings. The van der Waals surface area contributed by atoms with Crippen molar-refractivity contribution in [2.45, 2.75) is 39.6 Å². The highest BCUT2D eigenvalue weighted by Gasteiger charge is 2.15. The molecular weight excluding hydrogens is 374 g/mol. The maximum atomic E-state index is 12.3. The van der Waals surface area contributed by atoms with Crippen LogP contribution in [-0.4, -0.2) is 30.0 Å². The van der Waals surface area contributed by atoms with Crippen LogP contribution < -0.4 is 10.1 Å². The van der Waals surface area contributed by atoms with Gasteiger partial charge in [-0.1, -0.05) is 35.9 Å². The molecule has 0 unspecified atom stereocenters. The van der Waals surface area contributed by atoms with E-state index in [9.17, 15) is 13.6 Å². The van der Waals surface area contributed by atoms with E-state index in [0.717, 1.165) is 11.1 Å². The summed E-state index contributed by atoms with van der Waals surface area (Å²) in [4.78, 5) is 14.3.